The number of nitrogens with one attached hydrogen (secondary N) is 2. The molecule has 0 radical (unpaired) electrons. The summed E-state index contributed by atoms with van der Waals surface area (Å²) in [6, 6.07) is 0. The molecule has 0 aliphatic carbocycles. The van der Waals surface area contributed by atoms with Crippen LogP contribution < -0.4 is 16.6 Å². The minimum atomic E-state index is 0.497. The Morgan fingerprint density at radius 3 is 3.00 bits per heavy atom. The predicted molar refractivity (Wildman–Crippen MR) is 41.0 cm³/mol. The SMILES string of the molecule is CNCC1=NCN=C1NN. The summed E-state index contributed by atoms with van der Waals surface area (Å²) in [7, 11) is 1.86. The fraction of sp³-hybridized carbons (Fsp3) is 0.600. The summed E-state index contributed by atoms with van der Waals surface area (Å²) in [5, 5.41) is 2.97. The van der Waals surface area contributed by atoms with Crippen molar-refractivity contribution in [1.29, 1.82) is 0 Å². The second-order valence-corrected chi connectivity index (χ2v) is 1.93. The number of amidine groups is 1. The van der Waals surface area contributed by atoms with Gasteiger partial charge in [-0.15, -0.1) is 0 Å². The van der Waals surface area contributed by atoms with E-state index < -0.39 is 0 Å². The molecule has 0 unspecified atom stereocenters. The van der Waals surface area contributed by atoms with Gasteiger partial charge in [-0.2, -0.15) is 0 Å². The van der Waals surface area contributed by atoms with Crippen LogP contribution >= 0.6 is 0 Å². The first-order chi connectivity index (χ1) is 4.88. The van der Waals surface area contributed by atoms with E-state index in [-0.39, 0.29) is 0 Å². The van der Waals surface area contributed by atoms with Crippen molar-refractivity contribution in [2.45, 2.75) is 0 Å². The number of aliphatic imine (C=N–C) groups is 2. The molecule has 0 spiro atoms. The third kappa shape index (κ3) is 1.31. The normalized spacial score (nSPS) is 16.6. The predicted octanol–water partition coefficient (Wildman–Crippen LogP) is -1.52. The van der Waals surface area contributed by atoms with Gasteiger partial charge in [0.2, 0.25) is 0 Å². The Bertz CT molecular complexity index is 171. The zero-order valence-corrected chi connectivity index (χ0v) is 5.89. The van der Waals surface area contributed by atoms with E-state index in [1.807, 2.05) is 7.05 Å². The van der Waals surface area contributed by atoms with Gasteiger partial charge in [0.15, 0.2) is 5.84 Å². The van der Waals surface area contributed by atoms with Gasteiger partial charge in [-0.05, 0) is 7.05 Å². The van der Waals surface area contributed by atoms with Crippen LogP contribution in [0.2, 0.25) is 0 Å². The standard InChI is InChI=1S/C5H11N5/c1-7-2-4-5(10-6)9-3-8-4/h7H,2-3,6H2,1H3,(H,9,10). The van der Waals surface area contributed by atoms with Crippen LogP contribution in [0, 0.1) is 0 Å². The van der Waals surface area contributed by atoms with Crippen LogP contribution in [0.25, 0.3) is 0 Å². The lowest BCUT2D eigenvalue weighted by molar-refractivity contribution is 0.944. The number of rotatable bonds is 2. The van der Waals surface area contributed by atoms with Crippen molar-refractivity contribution in [3.8, 4) is 0 Å². The highest BCUT2D eigenvalue weighted by Gasteiger charge is 2.09. The van der Waals surface area contributed by atoms with E-state index in [4.69, 9.17) is 5.84 Å². The van der Waals surface area contributed by atoms with Gasteiger partial charge in [0.05, 0.1) is 5.71 Å². The van der Waals surface area contributed by atoms with E-state index in [1.165, 1.54) is 0 Å². The van der Waals surface area contributed by atoms with E-state index in [9.17, 15) is 0 Å². The first kappa shape index (κ1) is 7.17. The Labute approximate surface area is 59.4 Å². The molecular formula is C5H11N5. The smallest absolute Gasteiger partial charge is 0.160 e. The maximum atomic E-state index is 5.17. The highest BCUT2D eigenvalue weighted by molar-refractivity contribution is 6.42. The second kappa shape index (κ2) is 3.28. The third-order valence-corrected chi connectivity index (χ3v) is 1.24. The first-order valence-electron chi connectivity index (χ1n) is 3.08. The Hall–Kier alpha value is -0.940. The average Bonchev–Trinajstić information content (AvgIpc) is 2.36. The monoisotopic (exact) mass is 141 g/mol. The van der Waals surface area contributed by atoms with Crippen LogP contribution in [0.4, 0.5) is 0 Å². The number of hydrazine groups is 1. The molecule has 10 heavy (non-hydrogen) atoms. The zero-order chi connectivity index (χ0) is 7.40. The van der Waals surface area contributed by atoms with Gasteiger partial charge in [0.1, 0.15) is 6.67 Å². The molecule has 0 aromatic rings. The summed E-state index contributed by atoms with van der Waals surface area (Å²) >= 11 is 0. The van der Waals surface area contributed by atoms with Gasteiger partial charge in [0, 0.05) is 6.54 Å². The lowest BCUT2D eigenvalue weighted by Crippen LogP contribution is -2.38. The number of hydrogen-bond acceptors (Lipinski definition) is 5. The lowest BCUT2D eigenvalue weighted by Gasteiger charge is -2.01. The summed E-state index contributed by atoms with van der Waals surface area (Å²) < 4.78 is 0. The molecule has 0 amide bonds. The molecule has 1 aliphatic heterocycles. The van der Waals surface area contributed by atoms with Crippen molar-refractivity contribution in [3.63, 3.8) is 0 Å². The highest BCUT2D eigenvalue weighted by atomic mass is 15.3. The van der Waals surface area contributed by atoms with Gasteiger partial charge in [-0.25, -0.2) is 10.8 Å². The van der Waals surface area contributed by atoms with E-state index in [0.717, 1.165) is 5.71 Å². The molecule has 0 atom stereocenters. The van der Waals surface area contributed by atoms with Crippen molar-refractivity contribution >= 4 is 11.5 Å². The van der Waals surface area contributed by atoms with E-state index >= 15 is 0 Å². The van der Waals surface area contributed by atoms with Gasteiger partial charge < -0.3 is 10.7 Å². The number of nitrogens with two attached hydrogens (primary N) is 1. The Kier molecular flexibility index (Phi) is 2.35. The number of nitrogens with zero attached hydrogens (tertiary/aromatic N) is 2. The molecule has 1 heterocycles. The van der Waals surface area contributed by atoms with Crippen LogP contribution in [-0.4, -0.2) is 31.8 Å². The van der Waals surface area contributed by atoms with Crippen LogP contribution in [0.15, 0.2) is 9.98 Å². The lowest BCUT2D eigenvalue weighted by atomic mass is 10.3. The molecule has 0 fully saturated rings. The third-order valence-electron chi connectivity index (χ3n) is 1.24. The first-order valence-corrected chi connectivity index (χ1v) is 3.08. The molecule has 5 nitrogen and oxygen atoms in total. The molecule has 1 aliphatic rings. The van der Waals surface area contributed by atoms with E-state index in [1.54, 1.807) is 0 Å². The number of hydrogen-bond donors (Lipinski definition) is 3. The van der Waals surface area contributed by atoms with Crippen molar-refractivity contribution < 1.29 is 0 Å². The summed E-state index contributed by atoms with van der Waals surface area (Å²) in [5.74, 6) is 5.85. The average molecular weight is 141 g/mol. The zero-order valence-electron chi connectivity index (χ0n) is 5.89. The fourth-order valence-electron chi connectivity index (χ4n) is 0.794. The van der Waals surface area contributed by atoms with Gasteiger partial charge in [-0.1, -0.05) is 0 Å². The van der Waals surface area contributed by atoms with Gasteiger partial charge in [0.25, 0.3) is 0 Å². The molecule has 0 saturated heterocycles. The largest absolute Gasteiger partial charge is 0.314 e. The van der Waals surface area contributed by atoms with E-state index in [0.29, 0.717) is 19.0 Å². The molecule has 56 valence electrons. The molecule has 5 heteroatoms. The molecule has 0 saturated carbocycles. The molecule has 0 aromatic heterocycles. The van der Waals surface area contributed by atoms with Crippen molar-refractivity contribution in [2.24, 2.45) is 15.8 Å². The van der Waals surface area contributed by atoms with Crippen molar-refractivity contribution in [3.05, 3.63) is 0 Å². The van der Waals surface area contributed by atoms with Crippen molar-refractivity contribution in [1.82, 2.24) is 10.7 Å². The molecule has 1 rings (SSSR count). The molecule has 0 aromatic carbocycles. The molecular weight excluding hydrogens is 130 g/mol. The van der Waals surface area contributed by atoms with Crippen LogP contribution in [0.3, 0.4) is 0 Å². The minimum absolute atomic E-state index is 0.497. The molecule has 4 N–H and O–H groups in total. The van der Waals surface area contributed by atoms with Gasteiger partial charge in [-0.3, -0.25) is 4.99 Å². The summed E-state index contributed by atoms with van der Waals surface area (Å²) in [6.45, 7) is 1.21. The maximum absolute atomic E-state index is 5.17. The summed E-state index contributed by atoms with van der Waals surface area (Å²) in [4.78, 5) is 8.08. The van der Waals surface area contributed by atoms with Crippen LogP contribution in [0.5, 0.6) is 0 Å². The molecule has 0 bridgehead atoms. The van der Waals surface area contributed by atoms with E-state index in [2.05, 4.69) is 20.7 Å². The van der Waals surface area contributed by atoms with Gasteiger partial charge >= 0.3 is 0 Å². The minimum Gasteiger partial charge on any atom is -0.314 e. The summed E-state index contributed by atoms with van der Waals surface area (Å²) in [6.07, 6.45) is 0. The maximum Gasteiger partial charge on any atom is 0.160 e. The van der Waals surface area contributed by atoms with Crippen LogP contribution in [0.1, 0.15) is 0 Å². The fourth-order valence-corrected chi connectivity index (χ4v) is 0.794. The highest BCUT2D eigenvalue weighted by Crippen LogP contribution is 1.91. The topological polar surface area (TPSA) is 74.8 Å². The van der Waals surface area contributed by atoms with Crippen LogP contribution in [-0.2, 0) is 0 Å². The second-order valence-electron chi connectivity index (χ2n) is 1.93. The Morgan fingerprint density at radius 1 is 1.60 bits per heavy atom. The Morgan fingerprint density at radius 2 is 2.40 bits per heavy atom. The summed E-state index contributed by atoms with van der Waals surface area (Å²) in [5.41, 5.74) is 3.37. The quantitative estimate of drug-likeness (QED) is 0.323. The Balaban J connectivity index is 2.51. The van der Waals surface area contributed by atoms with Crippen molar-refractivity contribution in [2.75, 3.05) is 20.3 Å².